The van der Waals surface area contributed by atoms with E-state index in [9.17, 15) is 9.90 Å². The molecular formula is C12H19NO2. The Morgan fingerprint density at radius 1 is 1.33 bits per heavy atom. The maximum Gasteiger partial charge on any atom is 0.308 e. The van der Waals surface area contributed by atoms with Crippen molar-refractivity contribution in [1.82, 2.24) is 4.90 Å². The van der Waals surface area contributed by atoms with Crippen LogP contribution in [0.4, 0.5) is 0 Å². The summed E-state index contributed by atoms with van der Waals surface area (Å²) in [5.41, 5.74) is 0. The molecule has 0 aromatic heterocycles. The van der Waals surface area contributed by atoms with Crippen LogP contribution in [-0.2, 0) is 4.79 Å². The highest BCUT2D eigenvalue weighted by molar-refractivity contribution is 5.72. The monoisotopic (exact) mass is 209 g/mol. The minimum absolute atomic E-state index is 0.0990. The largest absolute Gasteiger partial charge is 0.481 e. The number of fused-ring (bicyclic) bond motifs is 2. The summed E-state index contributed by atoms with van der Waals surface area (Å²) in [6.45, 7) is 4.41. The zero-order chi connectivity index (χ0) is 10.6. The van der Waals surface area contributed by atoms with Gasteiger partial charge < -0.3 is 5.11 Å². The quantitative estimate of drug-likeness (QED) is 0.710. The van der Waals surface area contributed by atoms with Crippen molar-refractivity contribution in [2.24, 2.45) is 23.7 Å². The predicted octanol–water partition coefficient (Wildman–Crippen LogP) is 1.44. The van der Waals surface area contributed by atoms with Gasteiger partial charge in [0.15, 0.2) is 0 Å². The van der Waals surface area contributed by atoms with Crippen LogP contribution in [-0.4, -0.2) is 35.1 Å². The molecule has 4 fully saturated rings. The number of piperidine rings is 3. The maximum absolute atomic E-state index is 11.3. The molecule has 4 rings (SSSR count). The molecule has 1 N–H and O–H groups in total. The number of rotatable bonds is 1. The maximum atomic E-state index is 11.3. The Morgan fingerprint density at radius 3 is 2.60 bits per heavy atom. The fraction of sp³-hybridized carbons (Fsp3) is 0.917. The lowest BCUT2D eigenvalue weighted by atomic mass is 9.74. The van der Waals surface area contributed by atoms with E-state index in [4.69, 9.17) is 0 Å². The van der Waals surface area contributed by atoms with Crippen LogP contribution in [0.1, 0.15) is 26.2 Å². The van der Waals surface area contributed by atoms with Gasteiger partial charge in [-0.1, -0.05) is 6.92 Å². The predicted molar refractivity (Wildman–Crippen MR) is 56.5 cm³/mol. The van der Waals surface area contributed by atoms with Crippen LogP contribution in [0, 0.1) is 23.7 Å². The average molecular weight is 209 g/mol. The summed E-state index contributed by atoms with van der Waals surface area (Å²) in [5.74, 6) is 1.22. The third kappa shape index (κ3) is 1.25. The zero-order valence-electron chi connectivity index (χ0n) is 9.22. The lowest BCUT2D eigenvalue weighted by molar-refractivity contribution is -0.147. The molecule has 3 aliphatic heterocycles. The van der Waals surface area contributed by atoms with Gasteiger partial charge >= 0.3 is 5.97 Å². The van der Waals surface area contributed by atoms with Gasteiger partial charge in [0.1, 0.15) is 0 Å². The first-order valence-corrected chi connectivity index (χ1v) is 6.15. The third-order valence-electron chi connectivity index (χ3n) is 4.95. The Labute approximate surface area is 90.5 Å². The van der Waals surface area contributed by atoms with Crippen molar-refractivity contribution in [2.45, 2.75) is 32.2 Å². The van der Waals surface area contributed by atoms with Gasteiger partial charge in [0, 0.05) is 6.04 Å². The molecule has 0 aromatic rings. The smallest absolute Gasteiger partial charge is 0.308 e. The first-order valence-electron chi connectivity index (χ1n) is 6.15. The van der Waals surface area contributed by atoms with Crippen LogP contribution in [0.5, 0.6) is 0 Å². The number of nitrogens with zero attached hydrogens (tertiary/aromatic N) is 1. The van der Waals surface area contributed by atoms with E-state index in [0.717, 1.165) is 25.4 Å². The number of carboxylic acids is 1. The topological polar surface area (TPSA) is 40.5 Å². The van der Waals surface area contributed by atoms with E-state index in [1.807, 2.05) is 0 Å². The number of aliphatic carboxylic acids is 1. The number of hydrogen-bond acceptors (Lipinski definition) is 2. The second-order valence-corrected chi connectivity index (χ2v) is 5.60. The second-order valence-electron chi connectivity index (χ2n) is 5.60. The summed E-state index contributed by atoms with van der Waals surface area (Å²) >= 11 is 0. The molecule has 1 aliphatic carbocycles. The molecule has 3 heterocycles. The molecule has 84 valence electrons. The minimum atomic E-state index is -0.567. The normalized spacial score (nSPS) is 52.9. The van der Waals surface area contributed by atoms with Crippen molar-refractivity contribution in [3.63, 3.8) is 0 Å². The number of carboxylic acid groups (broad SMARTS) is 1. The molecule has 4 aliphatic rings. The first-order chi connectivity index (χ1) is 7.18. The molecule has 15 heavy (non-hydrogen) atoms. The van der Waals surface area contributed by atoms with Crippen LogP contribution >= 0.6 is 0 Å². The van der Waals surface area contributed by atoms with Crippen molar-refractivity contribution >= 4 is 5.97 Å². The molecule has 0 aromatic carbocycles. The summed E-state index contributed by atoms with van der Waals surface area (Å²) in [7, 11) is 0. The number of carbonyl (C=O) groups is 1. The Kier molecular flexibility index (Phi) is 2.06. The lowest BCUT2D eigenvalue weighted by Gasteiger charge is -2.49. The summed E-state index contributed by atoms with van der Waals surface area (Å²) < 4.78 is 0. The van der Waals surface area contributed by atoms with E-state index in [0.29, 0.717) is 17.9 Å². The van der Waals surface area contributed by atoms with E-state index in [-0.39, 0.29) is 5.92 Å². The van der Waals surface area contributed by atoms with Crippen LogP contribution in [0.15, 0.2) is 0 Å². The van der Waals surface area contributed by atoms with Crippen LogP contribution < -0.4 is 0 Å². The fourth-order valence-corrected chi connectivity index (χ4v) is 4.32. The van der Waals surface area contributed by atoms with E-state index >= 15 is 0 Å². The van der Waals surface area contributed by atoms with Gasteiger partial charge in [-0.15, -0.1) is 0 Å². The van der Waals surface area contributed by atoms with Crippen LogP contribution in [0.25, 0.3) is 0 Å². The Morgan fingerprint density at radius 2 is 2.00 bits per heavy atom. The molecule has 0 radical (unpaired) electrons. The minimum Gasteiger partial charge on any atom is -0.481 e. The summed E-state index contributed by atoms with van der Waals surface area (Å²) in [6.07, 6.45) is 3.75. The summed E-state index contributed by atoms with van der Waals surface area (Å²) in [6, 6.07) is 0.366. The van der Waals surface area contributed by atoms with Crippen molar-refractivity contribution in [3.05, 3.63) is 0 Å². The number of hydrogen-bond donors (Lipinski definition) is 1. The molecule has 4 unspecified atom stereocenters. The van der Waals surface area contributed by atoms with Crippen molar-refractivity contribution in [2.75, 3.05) is 13.1 Å². The van der Waals surface area contributed by atoms with E-state index in [2.05, 4.69) is 11.8 Å². The standard InChI is InChI=1S/C12H19NO2/c1-7-6-9-8-2-4-13(5-3-8)11(9)10(7)12(14)15/h7-11H,2-6H2,1H3,(H,14,15). The van der Waals surface area contributed by atoms with Gasteiger partial charge in [-0.05, 0) is 50.1 Å². The van der Waals surface area contributed by atoms with Crippen LogP contribution in [0.2, 0.25) is 0 Å². The third-order valence-corrected chi connectivity index (χ3v) is 4.95. The van der Waals surface area contributed by atoms with Gasteiger partial charge in [0.05, 0.1) is 5.92 Å². The highest BCUT2D eigenvalue weighted by atomic mass is 16.4. The van der Waals surface area contributed by atoms with Crippen LogP contribution in [0.3, 0.4) is 0 Å². The summed E-state index contributed by atoms with van der Waals surface area (Å²) in [5, 5.41) is 9.32. The van der Waals surface area contributed by atoms with Crippen molar-refractivity contribution in [3.8, 4) is 0 Å². The molecule has 3 nitrogen and oxygen atoms in total. The molecule has 4 atom stereocenters. The van der Waals surface area contributed by atoms with E-state index < -0.39 is 5.97 Å². The molecule has 0 amide bonds. The van der Waals surface area contributed by atoms with Gasteiger partial charge in [-0.25, -0.2) is 0 Å². The van der Waals surface area contributed by atoms with Gasteiger partial charge in [0.25, 0.3) is 0 Å². The SMILES string of the molecule is CC1CC2C3CCN(CC3)C2C1C(=O)O. The Bertz CT molecular complexity index is 283. The first kappa shape index (κ1) is 9.64. The van der Waals surface area contributed by atoms with Gasteiger partial charge in [-0.3, -0.25) is 9.69 Å². The molecule has 2 bridgehead atoms. The molecule has 1 saturated carbocycles. The van der Waals surface area contributed by atoms with Crippen molar-refractivity contribution in [1.29, 1.82) is 0 Å². The molecule has 3 heteroatoms. The van der Waals surface area contributed by atoms with E-state index in [1.165, 1.54) is 12.8 Å². The Balaban J connectivity index is 1.91. The summed E-state index contributed by atoms with van der Waals surface area (Å²) in [4.78, 5) is 13.8. The van der Waals surface area contributed by atoms with Gasteiger partial charge in [0.2, 0.25) is 0 Å². The lowest BCUT2D eigenvalue weighted by Crippen LogP contribution is -2.56. The molecular weight excluding hydrogens is 190 g/mol. The average Bonchev–Trinajstić information content (AvgIpc) is 2.58. The molecule has 0 spiro atoms. The zero-order valence-corrected chi connectivity index (χ0v) is 9.22. The highest BCUT2D eigenvalue weighted by Crippen LogP contribution is 2.50. The van der Waals surface area contributed by atoms with E-state index in [1.54, 1.807) is 0 Å². The second kappa shape index (κ2) is 3.21. The van der Waals surface area contributed by atoms with Gasteiger partial charge in [-0.2, -0.15) is 0 Å². The fourth-order valence-electron chi connectivity index (χ4n) is 4.32. The Hall–Kier alpha value is -0.570. The molecule has 3 saturated heterocycles. The van der Waals surface area contributed by atoms with Crippen molar-refractivity contribution < 1.29 is 9.90 Å². The highest BCUT2D eigenvalue weighted by Gasteiger charge is 2.54.